The highest BCUT2D eigenvalue weighted by Gasteiger charge is 2.27. The maximum Gasteiger partial charge on any atom is 0.224 e. The molecular formula is C28H29BrN4O2. The Kier molecular flexibility index (Phi) is 7.16. The predicted octanol–water partition coefficient (Wildman–Crippen LogP) is 5.33. The summed E-state index contributed by atoms with van der Waals surface area (Å²) in [6, 6.07) is 24.3. The van der Waals surface area contributed by atoms with Crippen LogP contribution in [0.25, 0.3) is 16.7 Å². The van der Waals surface area contributed by atoms with Gasteiger partial charge in [0.15, 0.2) is 0 Å². The van der Waals surface area contributed by atoms with Crippen molar-refractivity contribution in [2.45, 2.75) is 25.9 Å². The summed E-state index contributed by atoms with van der Waals surface area (Å²) < 4.78 is 8.47. The molecule has 6 nitrogen and oxygen atoms in total. The molecule has 5 rings (SSSR count). The number of hydrogen-bond acceptors (Lipinski definition) is 4. The summed E-state index contributed by atoms with van der Waals surface area (Å²) >= 11 is 3.60. The molecule has 3 aromatic carbocycles. The summed E-state index contributed by atoms with van der Waals surface area (Å²) in [6.45, 7) is 2.92. The second-order valence-electron chi connectivity index (χ2n) is 8.97. The van der Waals surface area contributed by atoms with Crippen molar-refractivity contribution in [2.24, 2.45) is 5.92 Å². The van der Waals surface area contributed by atoms with Crippen molar-refractivity contribution in [1.29, 1.82) is 0 Å². The lowest BCUT2D eigenvalue weighted by molar-refractivity contribution is -0.127. The number of likely N-dealkylation sites (tertiary alicyclic amines) is 1. The number of nitrogens with one attached hydrogen (secondary N) is 1. The molecule has 35 heavy (non-hydrogen) atoms. The van der Waals surface area contributed by atoms with E-state index < -0.39 is 0 Å². The summed E-state index contributed by atoms with van der Waals surface area (Å²) in [5.74, 6) is 1.90. The van der Waals surface area contributed by atoms with Gasteiger partial charge in [0.2, 0.25) is 5.91 Å². The van der Waals surface area contributed by atoms with Crippen LogP contribution in [-0.2, 0) is 17.9 Å². The van der Waals surface area contributed by atoms with Gasteiger partial charge in [-0.15, -0.1) is 0 Å². The maximum absolute atomic E-state index is 13.0. The molecule has 0 radical (unpaired) electrons. The highest BCUT2D eigenvalue weighted by atomic mass is 79.9. The number of benzene rings is 3. The number of imidazole rings is 1. The Labute approximate surface area is 214 Å². The second-order valence-corrected chi connectivity index (χ2v) is 9.89. The number of nitrogens with zero attached hydrogens (tertiary/aromatic N) is 3. The van der Waals surface area contributed by atoms with E-state index in [9.17, 15) is 4.79 Å². The van der Waals surface area contributed by atoms with Gasteiger partial charge in [-0.05, 0) is 67.4 Å². The van der Waals surface area contributed by atoms with Crippen molar-refractivity contribution >= 4 is 32.9 Å². The first-order valence-corrected chi connectivity index (χ1v) is 12.8. The lowest BCUT2D eigenvalue weighted by Crippen LogP contribution is -2.42. The molecule has 1 aliphatic heterocycles. The number of halogens is 1. The number of amides is 1. The van der Waals surface area contributed by atoms with Gasteiger partial charge in [-0.3, -0.25) is 14.3 Å². The van der Waals surface area contributed by atoms with Crippen molar-refractivity contribution in [1.82, 2.24) is 19.8 Å². The predicted molar refractivity (Wildman–Crippen MR) is 142 cm³/mol. The molecule has 0 aliphatic carbocycles. The van der Waals surface area contributed by atoms with Crippen LogP contribution < -0.4 is 10.1 Å². The molecule has 1 N–H and O–H groups in total. The number of ether oxygens (including phenoxy) is 1. The van der Waals surface area contributed by atoms with Crippen LogP contribution in [0.3, 0.4) is 0 Å². The zero-order valence-electron chi connectivity index (χ0n) is 19.8. The van der Waals surface area contributed by atoms with Crippen LogP contribution in [-0.4, -0.2) is 40.6 Å². The molecule has 1 saturated heterocycles. The van der Waals surface area contributed by atoms with Crippen LogP contribution in [0.1, 0.15) is 24.2 Å². The van der Waals surface area contributed by atoms with Gasteiger partial charge in [-0.25, -0.2) is 4.98 Å². The third-order valence-corrected chi connectivity index (χ3v) is 7.06. The van der Waals surface area contributed by atoms with Gasteiger partial charge in [0.25, 0.3) is 0 Å². The highest BCUT2D eigenvalue weighted by Crippen LogP contribution is 2.26. The fraction of sp³-hybridized carbons (Fsp3) is 0.286. The molecule has 180 valence electrons. The molecular weight excluding hydrogens is 504 g/mol. The first-order valence-electron chi connectivity index (χ1n) is 12.0. The minimum absolute atomic E-state index is 0.0225. The number of carbonyl (C=O) groups is 1. The molecule has 0 unspecified atom stereocenters. The summed E-state index contributed by atoms with van der Waals surface area (Å²) in [4.78, 5) is 20.3. The van der Waals surface area contributed by atoms with E-state index in [0.29, 0.717) is 13.1 Å². The van der Waals surface area contributed by atoms with Gasteiger partial charge in [-0.1, -0.05) is 46.3 Å². The first kappa shape index (κ1) is 23.6. The molecule has 4 aromatic rings. The maximum atomic E-state index is 13.0. The van der Waals surface area contributed by atoms with E-state index in [1.165, 1.54) is 0 Å². The van der Waals surface area contributed by atoms with Crippen LogP contribution in [0.5, 0.6) is 5.75 Å². The van der Waals surface area contributed by atoms with E-state index in [2.05, 4.69) is 55.0 Å². The van der Waals surface area contributed by atoms with Gasteiger partial charge in [0.1, 0.15) is 11.6 Å². The quantitative estimate of drug-likeness (QED) is 0.349. The number of aromatic nitrogens is 2. The van der Waals surface area contributed by atoms with Gasteiger partial charge >= 0.3 is 0 Å². The largest absolute Gasteiger partial charge is 0.497 e. The Balaban J connectivity index is 1.29. The fourth-order valence-corrected chi connectivity index (χ4v) is 5.16. The normalized spacial score (nSPS) is 16.3. The molecule has 2 heterocycles. The van der Waals surface area contributed by atoms with Crippen molar-refractivity contribution in [3.8, 4) is 11.4 Å². The van der Waals surface area contributed by atoms with E-state index in [1.54, 1.807) is 7.11 Å². The standard InChI is InChI=1S/C28H29BrN4O2/c1-35-24-13-11-20(12-14-24)17-30-28(34)21-6-5-15-32(18-21)19-27-31-25-9-2-3-10-26(25)33(27)23-8-4-7-22(29)16-23/h2-4,7-14,16,21H,5-6,15,17-19H2,1H3,(H,30,34)/t21-/m1/s1. The lowest BCUT2D eigenvalue weighted by Gasteiger charge is -2.31. The minimum atomic E-state index is -0.0225. The summed E-state index contributed by atoms with van der Waals surface area (Å²) in [6.07, 6.45) is 1.91. The number of methoxy groups -OCH3 is 1. The molecule has 1 amide bonds. The van der Waals surface area contributed by atoms with Gasteiger partial charge in [-0.2, -0.15) is 0 Å². The molecule has 0 spiro atoms. The summed E-state index contributed by atoms with van der Waals surface area (Å²) in [7, 11) is 1.65. The third-order valence-electron chi connectivity index (χ3n) is 6.56. The summed E-state index contributed by atoms with van der Waals surface area (Å²) in [5.41, 5.74) is 4.21. The van der Waals surface area contributed by atoms with Crippen molar-refractivity contribution in [3.63, 3.8) is 0 Å². The van der Waals surface area contributed by atoms with Gasteiger partial charge < -0.3 is 10.1 Å². The van der Waals surface area contributed by atoms with Crippen molar-refractivity contribution in [2.75, 3.05) is 20.2 Å². The molecule has 0 saturated carbocycles. The molecule has 7 heteroatoms. The van der Waals surface area contributed by atoms with Crippen LogP contribution in [0.4, 0.5) is 0 Å². The zero-order valence-corrected chi connectivity index (χ0v) is 21.4. The average Bonchev–Trinajstić information content (AvgIpc) is 3.25. The molecule has 1 fully saturated rings. The zero-order chi connectivity index (χ0) is 24.2. The Hall–Kier alpha value is -3.16. The monoisotopic (exact) mass is 532 g/mol. The smallest absolute Gasteiger partial charge is 0.224 e. The lowest BCUT2D eigenvalue weighted by atomic mass is 9.97. The van der Waals surface area contributed by atoms with E-state index in [0.717, 1.165) is 64.3 Å². The fourth-order valence-electron chi connectivity index (χ4n) is 4.78. The molecule has 1 atom stereocenters. The first-order chi connectivity index (χ1) is 17.1. The van der Waals surface area contributed by atoms with Crippen LogP contribution >= 0.6 is 15.9 Å². The number of rotatable bonds is 7. The molecule has 0 bridgehead atoms. The number of carbonyl (C=O) groups excluding carboxylic acids is 1. The van der Waals surface area contributed by atoms with E-state index >= 15 is 0 Å². The van der Waals surface area contributed by atoms with Crippen molar-refractivity contribution < 1.29 is 9.53 Å². The Morgan fingerprint density at radius 1 is 1.11 bits per heavy atom. The van der Waals surface area contributed by atoms with Gasteiger partial charge in [0, 0.05) is 23.2 Å². The number of piperidine rings is 1. The topological polar surface area (TPSA) is 59.4 Å². The third kappa shape index (κ3) is 5.41. The van der Waals surface area contributed by atoms with Crippen LogP contribution in [0.15, 0.2) is 77.3 Å². The van der Waals surface area contributed by atoms with Crippen molar-refractivity contribution in [3.05, 3.63) is 88.7 Å². The highest BCUT2D eigenvalue weighted by molar-refractivity contribution is 9.10. The van der Waals surface area contributed by atoms with Crippen LogP contribution in [0.2, 0.25) is 0 Å². The number of para-hydroxylation sites is 2. The van der Waals surface area contributed by atoms with E-state index in [1.807, 2.05) is 48.5 Å². The minimum Gasteiger partial charge on any atom is -0.497 e. The number of fused-ring (bicyclic) bond motifs is 1. The number of hydrogen-bond donors (Lipinski definition) is 1. The van der Waals surface area contributed by atoms with Crippen LogP contribution in [0, 0.1) is 5.92 Å². The van der Waals surface area contributed by atoms with Gasteiger partial charge in [0.05, 0.1) is 30.6 Å². The van der Waals surface area contributed by atoms with E-state index in [4.69, 9.17) is 9.72 Å². The average molecular weight is 533 g/mol. The Bertz CT molecular complexity index is 1320. The molecule has 1 aromatic heterocycles. The summed E-state index contributed by atoms with van der Waals surface area (Å²) in [5, 5.41) is 3.12. The second kappa shape index (κ2) is 10.6. The SMILES string of the molecule is COc1ccc(CNC(=O)[C@@H]2CCCN(Cc3nc4ccccc4n3-c3cccc(Br)c3)C2)cc1. The molecule has 1 aliphatic rings. The van der Waals surface area contributed by atoms with E-state index in [-0.39, 0.29) is 11.8 Å². The Morgan fingerprint density at radius 2 is 1.94 bits per heavy atom. The Morgan fingerprint density at radius 3 is 2.74 bits per heavy atom.